The first kappa shape index (κ1) is 17.7. The minimum atomic E-state index is -3.05. The average molecular weight is 377 g/mol. The fourth-order valence-electron chi connectivity index (χ4n) is 4.03. The largest absolute Gasteiger partial charge is 0.395 e. The molecule has 0 bridgehead atoms. The molecule has 140 valence electrons. The van der Waals surface area contributed by atoms with Crippen LogP contribution in [0.15, 0.2) is 40.9 Å². The molecule has 1 N–H and O–H groups in total. The van der Waals surface area contributed by atoms with E-state index in [1.54, 1.807) is 0 Å². The molecule has 8 heteroatoms. The summed E-state index contributed by atoms with van der Waals surface area (Å²) in [6.07, 6.45) is 0. The van der Waals surface area contributed by atoms with Crippen molar-refractivity contribution in [2.45, 2.75) is 18.6 Å². The number of aliphatic hydroxyl groups is 1. The number of benzene rings is 1. The minimum Gasteiger partial charge on any atom is -0.395 e. The Labute approximate surface area is 153 Å². The summed E-state index contributed by atoms with van der Waals surface area (Å²) in [5.74, 6) is 1.07. The molecule has 26 heavy (non-hydrogen) atoms. The second-order valence-electron chi connectivity index (χ2n) is 6.99. The first-order valence-corrected chi connectivity index (χ1v) is 10.7. The molecule has 2 aliphatic rings. The smallest absolute Gasteiger partial charge is 0.153 e. The lowest BCUT2D eigenvalue weighted by molar-refractivity contribution is 0.0264. The normalized spacial score (nSPS) is 26.0. The van der Waals surface area contributed by atoms with E-state index in [1.165, 1.54) is 0 Å². The van der Waals surface area contributed by atoms with Crippen LogP contribution in [0.25, 0.3) is 11.3 Å². The van der Waals surface area contributed by atoms with Gasteiger partial charge in [0.15, 0.2) is 15.6 Å². The van der Waals surface area contributed by atoms with E-state index in [-0.39, 0.29) is 30.2 Å². The number of hydrogen-bond acceptors (Lipinski definition) is 7. The summed E-state index contributed by atoms with van der Waals surface area (Å²) in [5, 5.41) is 13.4. The number of sulfone groups is 1. The van der Waals surface area contributed by atoms with Crippen LogP contribution >= 0.6 is 0 Å². The predicted molar refractivity (Wildman–Crippen MR) is 97.2 cm³/mol. The van der Waals surface area contributed by atoms with Gasteiger partial charge in [-0.25, -0.2) is 8.42 Å². The zero-order chi connectivity index (χ0) is 18.1. The third-order valence-corrected chi connectivity index (χ3v) is 6.98. The Morgan fingerprint density at radius 1 is 1.12 bits per heavy atom. The Kier molecular flexibility index (Phi) is 4.83. The lowest BCUT2D eigenvalue weighted by Crippen LogP contribution is -2.59. The monoisotopic (exact) mass is 377 g/mol. The van der Waals surface area contributed by atoms with E-state index < -0.39 is 9.84 Å². The fraction of sp³-hybridized carbons (Fsp3) is 0.500. The molecule has 0 aliphatic carbocycles. The van der Waals surface area contributed by atoms with Crippen molar-refractivity contribution in [1.29, 1.82) is 0 Å². The van der Waals surface area contributed by atoms with Crippen LogP contribution in [0.3, 0.4) is 0 Å². The van der Waals surface area contributed by atoms with Crippen molar-refractivity contribution in [3.05, 3.63) is 42.2 Å². The number of β-amino-alcohol motifs (C(OH)–C–C–N with tert-alkyl or cyclic N) is 1. The second kappa shape index (κ2) is 7.11. The van der Waals surface area contributed by atoms with E-state index in [2.05, 4.69) is 15.0 Å². The maximum absolute atomic E-state index is 12.2. The fourth-order valence-corrected chi connectivity index (χ4v) is 6.07. The van der Waals surface area contributed by atoms with Crippen LogP contribution in [-0.2, 0) is 16.4 Å². The Morgan fingerprint density at radius 2 is 1.81 bits per heavy atom. The highest BCUT2D eigenvalue weighted by atomic mass is 32.2. The molecule has 0 spiro atoms. The SMILES string of the molecule is O=S1(=O)C[C@@H]2[C@H](C1)N(CCO)CCN2Cc1cc(-c2ccccc2)no1. The molecule has 2 atom stereocenters. The lowest BCUT2D eigenvalue weighted by Gasteiger charge is -2.43. The number of fused-ring (bicyclic) bond motifs is 1. The average Bonchev–Trinajstić information content (AvgIpc) is 3.22. The van der Waals surface area contributed by atoms with Gasteiger partial charge in [0.2, 0.25) is 0 Å². The Bertz CT molecular complexity index is 852. The Balaban J connectivity index is 1.51. The molecule has 2 saturated heterocycles. The van der Waals surface area contributed by atoms with Crippen LogP contribution in [0.5, 0.6) is 0 Å². The molecule has 0 radical (unpaired) electrons. The van der Waals surface area contributed by atoms with E-state index in [0.29, 0.717) is 13.1 Å². The summed E-state index contributed by atoms with van der Waals surface area (Å²) in [4.78, 5) is 4.28. The van der Waals surface area contributed by atoms with Gasteiger partial charge in [0.05, 0.1) is 24.7 Å². The molecular formula is C18H23N3O4S. The van der Waals surface area contributed by atoms with Gasteiger partial charge in [-0.2, -0.15) is 0 Å². The highest BCUT2D eigenvalue weighted by Gasteiger charge is 2.46. The first-order chi connectivity index (χ1) is 12.6. The predicted octanol–water partition coefficient (Wildman–Crippen LogP) is 0.617. The van der Waals surface area contributed by atoms with Crippen LogP contribution in [0.1, 0.15) is 5.76 Å². The summed E-state index contributed by atoms with van der Waals surface area (Å²) in [6, 6.07) is 11.6. The lowest BCUT2D eigenvalue weighted by atomic mass is 10.0. The third kappa shape index (κ3) is 3.55. The molecule has 7 nitrogen and oxygen atoms in total. The van der Waals surface area contributed by atoms with Gasteiger partial charge >= 0.3 is 0 Å². The van der Waals surface area contributed by atoms with Crippen molar-refractivity contribution >= 4 is 9.84 Å². The molecule has 4 rings (SSSR count). The second-order valence-corrected chi connectivity index (χ2v) is 9.14. The van der Waals surface area contributed by atoms with Crippen LogP contribution < -0.4 is 0 Å². The number of nitrogens with zero attached hydrogens (tertiary/aromatic N) is 3. The highest BCUT2D eigenvalue weighted by Crippen LogP contribution is 2.28. The molecule has 1 aromatic carbocycles. The summed E-state index contributed by atoms with van der Waals surface area (Å²) < 4.78 is 29.9. The molecule has 2 aromatic rings. The number of aliphatic hydroxyl groups excluding tert-OH is 1. The highest BCUT2D eigenvalue weighted by molar-refractivity contribution is 7.91. The zero-order valence-electron chi connectivity index (χ0n) is 14.5. The number of rotatable bonds is 5. The van der Waals surface area contributed by atoms with Crippen LogP contribution in [-0.4, -0.2) is 78.3 Å². The van der Waals surface area contributed by atoms with Gasteiger partial charge in [-0.05, 0) is 0 Å². The van der Waals surface area contributed by atoms with E-state index in [9.17, 15) is 13.5 Å². The molecule has 2 aliphatic heterocycles. The van der Waals surface area contributed by atoms with Gasteiger partial charge in [-0.3, -0.25) is 9.80 Å². The van der Waals surface area contributed by atoms with E-state index in [1.807, 2.05) is 36.4 Å². The van der Waals surface area contributed by atoms with Crippen molar-refractivity contribution < 1.29 is 18.0 Å². The van der Waals surface area contributed by atoms with Gasteiger partial charge in [-0.15, -0.1) is 0 Å². The zero-order valence-corrected chi connectivity index (χ0v) is 15.3. The van der Waals surface area contributed by atoms with Gasteiger partial charge in [-0.1, -0.05) is 35.5 Å². The van der Waals surface area contributed by atoms with Gasteiger partial charge in [0.1, 0.15) is 5.69 Å². The van der Waals surface area contributed by atoms with Crippen molar-refractivity contribution in [2.24, 2.45) is 0 Å². The number of hydrogen-bond donors (Lipinski definition) is 1. The van der Waals surface area contributed by atoms with Gasteiger partial charge in [0.25, 0.3) is 0 Å². The summed E-state index contributed by atoms with van der Waals surface area (Å²) >= 11 is 0. The van der Waals surface area contributed by atoms with Crippen LogP contribution in [0.2, 0.25) is 0 Å². The minimum absolute atomic E-state index is 0.0474. The Hall–Kier alpha value is -1.74. The molecule has 0 unspecified atom stereocenters. The van der Waals surface area contributed by atoms with Crippen molar-refractivity contribution in [2.75, 3.05) is 37.7 Å². The van der Waals surface area contributed by atoms with Crippen LogP contribution in [0.4, 0.5) is 0 Å². The first-order valence-electron chi connectivity index (χ1n) is 8.86. The Morgan fingerprint density at radius 3 is 2.54 bits per heavy atom. The quantitative estimate of drug-likeness (QED) is 0.817. The van der Waals surface area contributed by atoms with E-state index >= 15 is 0 Å². The van der Waals surface area contributed by atoms with Crippen molar-refractivity contribution in [3.8, 4) is 11.3 Å². The standard InChI is InChI=1S/C18H23N3O4S/c22-9-8-20-6-7-21(18-13-26(23,24)12-17(18)20)11-15-10-16(19-25-15)14-4-2-1-3-5-14/h1-5,10,17-18,22H,6-9,11-13H2/t17-,18+/m0/s1. The molecule has 3 heterocycles. The van der Waals surface area contributed by atoms with Gasteiger partial charge < -0.3 is 9.63 Å². The van der Waals surface area contributed by atoms with Crippen LogP contribution in [0, 0.1) is 0 Å². The third-order valence-electron chi connectivity index (χ3n) is 5.28. The molecule has 0 amide bonds. The number of piperazine rings is 1. The molecule has 2 fully saturated rings. The molecule has 1 aromatic heterocycles. The molecule has 0 saturated carbocycles. The summed E-state index contributed by atoms with van der Waals surface area (Å²) in [5.41, 5.74) is 1.78. The van der Waals surface area contributed by atoms with Crippen molar-refractivity contribution in [1.82, 2.24) is 15.0 Å². The topological polar surface area (TPSA) is 86.9 Å². The summed E-state index contributed by atoms with van der Waals surface area (Å²) in [6.45, 7) is 2.61. The van der Waals surface area contributed by atoms with Crippen molar-refractivity contribution in [3.63, 3.8) is 0 Å². The number of aromatic nitrogens is 1. The molecular weight excluding hydrogens is 354 g/mol. The van der Waals surface area contributed by atoms with E-state index in [4.69, 9.17) is 4.52 Å². The summed E-state index contributed by atoms with van der Waals surface area (Å²) in [7, 11) is -3.05. The van der Waals surface area contributed by atoms with Gasteiger partial charge in [0, 0.05) is 43.3 Å². The maximum atomic E-state index is 12.2. The maximum Gasteiger partial charge on any atom is 0.153 e. The van der Waals surface area contributed by atoms with E-state index in [0.717, 1.165) is 30.1 Å².